The van der Waals surface area contributed by atoms with Crippen molar-refractivity contribution in [1.82, 2.24) is 0 Å². The quantitative estimate of drug-likeness (QED) is 0.736. The minimum absolute atomic E-state index is 0.0385. The van der Waals surface area contributed by atoms with Crippen LogP contribution in [-0.2, 0) is 4.79 Å². The number of halogens is 2. The molecule has 1 atom stereocenters. The van der Waals surface area contributed by atoms with Crippen LogP contribution in [0.4, 0.5) is 10.1 Å². The number of thioether (sulfide) groups is 1. The van der Waals surface area contributed by atoms with Gasteiger partial charge in [0.05, 0.1) is 11.4 Å². The highest BCUT2D eigenvalue weighted by atomic mass is 35.5. The maximum atomic E-state index is 13.8. The lowest BCUT2D eigenvalue weighted by atomic mass is 9.90. The van der Waals surface area contributed by atoms with Gasteiger partial charge in [-0.15, -0.1) is 11.8 Å². The SMILES string of the molecule is O=C1CC2CCSc3ccc(F)cc3C2=NN1c1ccc(Cl)cc1. The molecule has 2 aliphatic rings. The zero-order chi connectivity index (χ0) is 16.7. The van der Waals surface area contributed by atoms with Gasteiger partial charge in [0, 0.05) is 27.8 Å². The van der Waals surface area contributed by atoms with E-state index in [4.69, 9.17) is 11.6 Å². The first-order valence-electron chi connectivity index (χ1n) is 7.71. The molecule has 0 saturated heterocycles. The van der Waals surface area contributed by atoms with Crippen molar-refractivity contribution in [2.24, 2.45) is 11.0 Å². The molecule has 0 aromatic heterocycles. The number of benzene rings is 2. The number of hydrogen-bond acceptors (Lipinski definition) is 3. The minimum Gasteiger partial charge on any atom is -0.273 e. The molecule has 1 amide bonds. The minimum atomic E-state index is -0.285. The number of anilines is 1. The first kappa shape index (κ1) is 15.7. The van der Waals surface area contributed by atoms with Gasteiger partial charge in [-0.25, -0.2) is 9.40 Å². The van der Waals surface area contributed by atoms with Crippen LogP contribution >= 0.6 is 23.4 Å². The van der Waals surface area contributed by atoms with E-state index in [1.54, 1.807) is 42.1 Å². The van der Waals surface area contributed by atoms with Gasteiger partial charge in [0.1, 0.15) is 5.82 Å². The summed E-state index contributed by atoms with van der Waals surface area (Å²) in [6, 6.07) is 11.8. The molecular formula is C18H14ClFN2OS. The first-order chi connectivity index (χ1) is 11.6. The van der Waals surface area contributed by atoms with Crippen molar-refractivity contribution in [3.05, 3.63) is 58.9 Å². The summed E-state index contributed by atoms with van der Waals surface area (Å²) in [4.78, 5) is 13.5. The van der Waals surface area contributed by atoms with Crippen molar-refractivity contribution in [2.45, 2.75) is 17.7 Å². The fraction of sp³-hybridized carbons (Fsp3) is 0.222. The average molecular weight is 361 g/mol. The number of amides is 1. The molecule has 122 valence electrons. The number of hydrogen-bond donors (Lipinski definition) is 0. The van der Waals surface area contributed by atoms with E-state index < -0.39 is 0 Å². The number of rotatable bonds is 1. The van der Waals surface area contributed by atoms with Crippen molar-refractivity contribution < 1.29 is 9.18 Å². The second-order valence-corrected chi connectivity index (χ2v) is 7.42. The summed E-state index contributed by atoms with van der Waals surface area (Å²) in [6.07, 6.45) is 1.25. The van der Waals surface area contributed by atoms with E-state index in [9.17, 15) is 9.18 Å². The van der Waals surface area contributed by atoms with E-state index in [2.05, 4.69) is 5.10 Å². The lowest BCUT2D eigenvalue weighted by Crippen LogP contribution is -2.37. The number of carbonyl (C=O) groups excluding carboxylic acids is 1. The molecule has 0 aliphatic carbocycles. The molecule has 2 aromatic carbocycles. The van der Waals surface area contributed by atoms with Crippen LogP contribution in [0, 0.1) is 11.7 Å². The molecule has 2 heterocycles. The lowest BCUT2D eigenvalue weighted by Gasteiger charge is -2.28. The average Bonchev–Trinajstić information content (AvgIpc) is 2.74. The Morgan fingerprint density at radius 1 is 1.21 bits per heavy atom. The van der Waals surface area contributed by atoms with Gasteiger partial charge in [0.25, 0.3) is 0 Å². The van der Waals surface area contributed by atoms with E-state index in [0.29, 0.717) is 17.1 Å². The van der Waals surface area contributed by atoms with Crippen molar-refractivity contribution in [2.75, 3.05) is 10.8 Å². The van der Waals surface area contributed by atoms with Crippen molar-refractivity contribution in [3.63, 3.8) is 0 Å². The van der Waals surface area contributed by atoms with Crippen LogP contribution in [-0.4, -0.2) is 17.4 Å². The van der Waals surface area contributed by atoms with Crippen molar-refractivity contribution in [1.29, 1.82) is 0 Å². The third-order valence-electron chi connectivity index (χ3n) is 4.26. The Morgan fingerprint density at radius 2 is 2.00 bits per heavy atom. The molecule has 0 fully saturated rings. The molecule has 3 nitrogen and oxygen atoms in total. The maximum absolute atomic E-state index is 13.8. The summed E-state index contributed by atoms with van der Waals surface area (Å²) in [5, 5.41) is 6.62. The first-order valence-corrected chi connectivity index (χ1v) is 9.08. The van der Waals surface area contributed by atoms with Gasteiger partial charge in [-0.1, -0.05) is 11.6 Å². The molecule has 0 spiro atoms. The molecule has 2 aliphatic heterocycles. The Balaban J connectivity index is 1.82. The third kappa shape index (κ3) is 2.82. The van der Waals surface area contributed by atoms with E-state index in [0.717, 1.165) is 28.3 Å². The highest BCUT2D eigenvalue weighted by Crippen LogP contribution is 2.37. The monoisotopic (exact) mass is 360 g/mol. The van der Waals surface area contributed by atoms with Gasteiger partial charge in [0.2, 0.25) is 5.91 Å². The normalized spacial score (nSPS) is 20.1. The summed E-state index contributed by atoms with van der Waals surface area (Å²) in [6.45, 7) is 0. The lowest BCUT2D eigenvalue weighted by molar-refractivity contribution is -0.119. The smallest absolute Gasteiger partial charge is 0.248 e. The standard InChI is InChI=1S/C18H14ClFN2OS/c19-12-1-4-14(5-2-12)22-17(23)9-11-7-8-24-16-6-3-13(20)10-15(16)18(11)21-22/h1-6,10-11H,7-9H2. The number of carbonyl (C=O) groups is 1. The third-order valence-corrected chi connectivity index (χ3v) is 5.62. The highest BCUT2D eigenvalue weighted by molar-refractivity contribution is 7.99. The van der Waals surface area contributed by atoms with Gasteiger partial charge < -0.3 is 0 Å². The van der Waals surface area contributed by atoms with Crippen LogP contribution < -0.4 is 5.01 Å². The summed E-state index contributed by atoms with van der Waals surface area (Å²) in [7, 11) is 0. The molecule has 0 bridgehead atoms. The summed E-state index contributed by atoms with van der Waals surface area (Å²) < 4.78 is 13.8. The van der Waals surface area contributed by atoms with Crippen molar-refractivity contribution >= 4 is 40.7 Å². The molecule has 0 radical (unpaired) electrons. The molecule has 4 rings (SSSR count). The summed E-state index contributed by atoms with van der Waals surface area (Å²) in [5.41, 5.74) is 2.27. The van der Waals surface area contributed by atoms with E-state index in [1.165, 1.54) is 17.1 Å². The fourth-order valence-corrected chi connectivity index (χ4v) is 4.31. The zero-order valence-corrected chi connectivity index (χ0v) is 14.3. The zero-order valence-electron chi connectivity index (χ0n) is 12.7. The van der Waals surface area contributed by atoms with Crippen LogP contribution in [0.25, 0.3) is 0 Å². The van der Waals surface area contributed by atoms with Gasteiger partial charge in [-0.2, -0.15) is 5.10 Å². The summed E-state index contributed by atoms with van der Waals surface area (Å²) >= 11 is 7.61. The van der Waals surface area contributed by atoms with E-state index in [1.807, 2.05) is 0 Å². The molecular weight excluding hydrogens is 347 g/mol. The Morgan fingerprint density at radius 3 is 2.79 bits per heavy atom. The largest absolute Gasteiger partial charge is 0.273 e. The molecule has 6 heteroatoms. The highest BCUT2D eigenvalue weighted by Gasteiger charge is 2.33. The van der Waals surface area contributed by atoms with Crippen LogP contribution in [0.3, 0.4) is 0 Å². The number of nitrogens with zero attached hydrogens (tertiary/aromatic N) is 2. The summed E-state index contributed by atoms with van der Waals surface area (Å²) in [5.74, 6) is 0.608. The van der Waals surface area contributed by atoms with Crippen LogP contribution in [0.5, 0.6) is 0 Å². The molecule has 1 unspecified atom stereocenters. The molecule has 2 aromatic rings. The maximum Gasteiger partial charge on any atom is 0.248 e. The predicted octanol–water partition coefficient (Wildman–Crippen LogP) is 4.73. The van der Waals surface area contributed by atoms with E-state index in [-0.39, 0.29) is 17.6 Å². The molecule has 24 heavy (non-hydrogen) atoms. The van der Waals surface area contributed by atoms with Crippen LogP contribution in [0.1, 0.15) is 18.4 Å². The predicted molar refractivity (Wildman–Crippen MR) is 95.3 cm³/mol. The molecule has 0 saturated carbocycles. The Hall–Kier alpha value is -1.85. The van der Waals surface area contributed by atoms with Crippen LogP contribution in [0.15, 0.2) is 52.5 Å². The Bertz CT molecular complexity index is 837. The van der Waals surface area contributed by atoms with Gasteiger partial charge in [-0.3, -0.25) is 4.79 Å². The Labute approximate surface area is 148 Å². The Kier molecular flexibility index (Phi) is 4.06. The number of fused-ring (bicyclic) bond motifs is 3. The van der Waals surface area contributed by atoms with Gasteiger partial charge in [0.15, 0.2) is 0 Å². The van der Waals surface area contributed by atoms with Gasteiger partial charge in [-0.05, 0) is 54.6 Å². The second-order valence-electron chi connectivity index (χ2n) is 5.85. The van der Waals surface area contributed by atoms with Crippen LogP contribution in [0.2, 0.25) is 5.02 Å². The fourth-order valence-electron chi connectivity index (χ4n) is 3.08. The van der Waals surface area contributed by atoms with Crippen molar-refractivity contribution in [3.8, 4) is 0 Å². The second kappa shape index (κ2) is 6.22. The number of hydrazone groups is 1. The van der Waals surface area contributed by atoms with Gasteiger partial charge >= 0.3 is 0 Å². The van der Waals surface area contributed by atoms with E-state index >= 15 is 0 Å². The topological polar surface area (TPSA) is 32.7 Å². The molecule has 0 N–H and O–H groups in total.